The van der Waals surface area contributed by atoms with Gasteiger partial charge in [0, 0.05) is 25.7 Å². The van der Waals surface area contributed by atoms with Crippen LogP contribution in [-0.2, 0) is 10.0 Å². The SMILES string of the molecule is CCN(C1CNC1)S(=O)(=O)CC(C)(C)C. The maximum Gasteiger partial charge on any atom is 0.214 e. The van der Waals surface area contributed by atoms with Crippen LogP contribution in [0.4, 0.5) is 0 Å². The molecule has 0 atom stereocenters. The van der Waals surface area contributed by atoms with Crippen LogP contribution < -0.4 is 5.32 Å². The number of nitrogens with one attached hydrogen (secondary N) is 1. The molecule has 1 N–H and O–H groups in total. The molecule has 1 rings (SSSR count). The number of hydrogen-bond donors (Lipinski definition) is 1. The Morgan fingerprint density at radius 2 is 1.87 bits per heavy atom. The lowest BCUT2D eigenvalue weighted by molar-refractivity contribution is 0.246. The van der Waals surface area contributed by atoms with Crippen molar-refractivity contribution in [3.8, 4) is 0 Å². The molecule has 0 aliphatic carbocycles. The van der Waals surface area contributed by atoms with Gasteiger partial charge in [-0.05, 0) is 5.41 Å². The molecule has 0 radical (unpaired) electrons. The summed E-state index contributed by atoms with van der Waals surface area (Å²) in [7, 11) is -3.10. The van der Waals surface area contributed by atoms with Crippen molar-refractivity contribution in [3.05, 3.63) is 0 Å². The predicted molar refractivity (Wildman–Crippen MR) is 62.3 cm³/mol. The van der Waals surface area contributed by atoms with Crippen molar-refractivity contribution in [3.63, 3.8) is 0 Å². The van der Waals surface area contributed by atoms with Crippen LogP contribution in [0.1, 0.15) is 27.7 Å². The molecule has 0 spiro atoms. The van der Waals surface area contributed by atoms with Crippen LogP contribution in [0.5, 0.6) is 0 Å². The van der Waals surface area contributed by atoms with E-state index in [1.165, 1.54) is 0 Å². The summed E-state index contributed by atoms with van der Waals surface area (Å²) in [5.41, 5.74) is -0.177. The van der Waals surface area contributed by atoms with E-state index in [1.54, 1.807) is 4.31 Å². The third-order valence-electron chi connectivity index (χ3n) is 2.45. The van der Waals surface area contributed by atoms with Crippen LogP contribution in [0.15, 0.2) is 0 Å². The van der Waals surface area contributed by atoms with Crippen molar-refractivity contribution in [1.29, 1.82) is 0 Å². The smallest absolute Gasteiger partial charge is 0.214 e. The molecular weight excluding hydrogens is 212 g/mol. The first-order valence-corrected chi connectivity index (χ1v) is 7.07. The molecular formula is C10H22N2O2S. The molecule has 5 heteroatoms. The fourth-order valence-electron chi connectivity index (χ4n) is 1.79. The van der Waals surface area contributed by atoms with Gasteiger partial charge in [-0.2, -0.15) is 4.31 Å². The van der Waals surface area contributed by atoms with Crippen LogP contribution in [0.2, 0.25) is 0 Å². The average molecular weight is 234 g/mol. The third-order valence-corrected chi connectivity index (χ3v) is 4.95. The van der Waals surface area contributed by atoms with Gasteiger partial charge in [0.15, 0.2) is 0 Å². The molecule has 0 aromatic carbocycles. The lowest BCUT2D eigenvalue weighted by Gasteiger charge is -2.37. The Morgan fingerprint density at radius 1 is 1.33 bits per heavy atom. The number of rotatable bonds is 4. The summed E-state index contributed by atoms with van der Waals surface area (Å²) in [6.07, 6.45) is 0. The quantitative estimate of drug-likeness (QED) is 0.777. The van der Waals surface area contributed by atoms with Gasteiger partial charge in [0.05, 0.1) is 5.75 Å². The zero-order valence-electron chi connectivity index (χ0n) is 10.1. The molecule has 0 bridgehead atoms. The zero-order chi connectivity index (χ0) is 11.7. The van der Waals surface area contributed by atoms with E-state index in [9.17, 15) is 8.42 Å². The molecule has 1 aliphatic heterocycles. The molecule has 1 aliphatic rings. The standard InChI is InChI=1S/C10H22N2O2S/c1-5-12(9-6-11-7-9)15(13,14)8-10(2,3)4/h9,11H,5-8H2,1-4H3. The fraction of sp³-hybridized carbons (Fsp3) is 1.00. The highest BCUT2D eigenvalue weighted by Crippen LogP contribution is 2.21. The van der Waals surface area contributed by atoms with Gasteiger partial charge in [-0.3, -0.25) is 0 Å². The molecule has 4 nitrogen and oxygen atoms in total. The summed E-state index contributed by atoms with van der Waals surface area (Å²) in [6, 6.07) is 0.169. The van der Waals surface area contributed by atoms with E-state index >= 15 is 0 Å². The van der Waals surface area contributed by atoms with E-state index in [0.29, 0.717) is 6.54 Å². The van der Waals surface area contributed by atoms with Crippen LogP contribution in [0.25, 0.3) is 0 Å². The Hall–Kier alpha value is -0.130. The van der Waals surface area contributed by atoms with Gasteiger partial charge in [-0.15, -0.1) is 0 Å². The first-order valence-electron chi connectivity index (χ1n) is 5.46. The van der Waals surface area contributed by atoms with Crippen molar-refractivity contribution in [1.82, 2.24) is 9.62 Å². The van der Waals surface area contributed by atoms with Gasteiger partial charge in [-0.25, -0.2) is 8.42 Å². The third kappa shape index (κ3) is 3.43. The maximum atomic E-state index is 12.1. The average Bonchev–Trinajstić information content (AvgIpc) is 1.90. The number of hydrogen-bond acceptors (Lipinski definition) is 3. The topological polar surface area (TPSA) is 49.4 Å². The van der Waals surface area contributed by atoms with Crippen molar-refractivity contribution >= 4 is 10.0 Å². The summed E-state index contributed by atoms with van der Waals surface area (Å²) in [5.74, 6) is 0.227. The van der Waals surface area contributed by atoms with Crippen molar-refractivity contribution in [2.45, 2.75) is 33.7 Å². The molecule has 0 aromatic heterocycles. The summed E-state index contributed by atoms with van der Waals surface area (Å²) < 4.78 is 25.9. The Balaban J connectivity index is 2.73. The highest BCUT2D eigenvalue weighted by molar-refractivity contribution is 7.89. The van der Waals surface area contributed by atoms with E-state index in [0.717, 1.165) is 13.1 Å². The van der Waals surface area contributed by atoms with Gasteiger partial charge in [-0.1, -0.05) is 27.7 Å². The Morgan fingerprint density at radius 3 is 2.13 bits per heavy atom. The molecule has 0 saturated carbocycles. The van der Waals surface area contributed by atoms with Crippen LogP contribution >= 0.6 is 0 Å². The minimum absolute atomic E-state index is 0.169. The summed E-state index contributed by atoms with van der Waals surface area (Å²) in [4.78, 5) is 0. The zero-order valence-corrected chi connectivity index (χ0v) is 10.9. The summed E-state index contributed by atoms with van der Waals surface area (Å²) >= 11 is 0. The normalized spacial score (nSPS) is 19.3. The van der Waals surface area contributed by atoms with Crippen LogP contribution in [0.3, 0.4) is 0 Å². The van der Waals surface area contributed by atoms with E-state index in [-0.39, 0.29) is 17.2 Å². The monoisotopic (exact) mass is 234 g/mol. The van der Waals surface area contributed by atoms with Crippen molar-refractivity contribution < 1.29 is 8.42 Å². The molecule has 15 heavy (non-hydrogen) atoms. The Kier molecular flexibility index (Phi) is 3.79. The molecule has 90 valence electrons. The first kappa shape index (κ1) is 12.9. The summed E-state index contributed by atoms with van der Waals surface area (Å²) in [5, 5.41) is 3.10. The van der Waals surface area contributed by atoms with Crippen LogP contribution in [0, 0.1) is 5.41 Å². The number of likely N-dealkylation sites (N-methyl/N-ethyl adjacent to an activating group) is 1. The second-order valence-corrected chi connectivity index (χ2v) is 7.25. The predicted octanol–water partition coefficient (Wildman–Crippen LogP) is 0.656. The summed E-state index contributed by atoms with van der Waals surface area (Å²) in [6.45, 7) is 9.92. The molecule has 1 saturated heterocycles. The molecule has 0 unspecified atom stereocenters. The Labute approximate surface area is 93.1 Å². The van der Waals surface area contributed by atoms with Gasteiger partial charge in [0.25, 0.3) is 0 Å². The molecule has 1 fully saturated rings. The first-order chi connectivity index (χ1) is 6.76. The van der Waals surface area contributed by atoms with E-state index < -0.39 is 10.0 Å². The fourth-order valence-corrected chi connectivity index (χ4v) is 4.05. The second-order valence-electron chi connectivity index (χ2n) is 5.33. The minimum atomic E-state index is -3.10. The molecule has 0 aromatic rings. The van der Waals surface area contributed by atoms with Crippen molar-refractivity contribution in [2.24, 2.45) is 5.41 Å². The van der Waals surface area contributed by atoms with E-state index in [1.807, 2.05) is 27.7 Å². The van der Waals surface area contributed by atoms with Crippen molar-refractivity contribution in [2.75, 3.05) is 25.4 Å². The van der Waals surface area contributed by atoms with Crippen LogP contribution in [-0.4, -0.2) is 44.2 Å². The van der Waals surface area contributed by atoms with E-state index in [2.05, 4.69) is 5.32 Å². The highest BCUT2D eigenvalue weighted by atomic mass is 32.2. The van der Waals surface area contributed by atoms with Gasteiger partial charge >= 0.3 is 0 Å². The molecule has 1 heterocycles. The Bertz CT molecular complexity index is 302. The second kappa shape index (κ2) is 4.39. The van der Waals surface area contributed by atoms with Gasteiger partial charge in [0.2, 0.25) is 10.0 Å². The lowest BCUT2D eigenvalue weighted by atomic mass is 10.0. The number of sulfonamides is 1. The number of nitrogens with zero attached hydrogens (tertiary/aromatic N) is 1. The van der Waals surface area contributed by atoms with Gasteiger partial charge < -0.3 is 5.32 Å². The highest BCUT2D eigenvalue weighted by Gasteiger charge is 2.34. The minimum Gasteiger partial charge on any atom is -0.313 e. The largest absolute Gasteiger partial charge is 0.313 e. The molecule has 0 amide bonds. The van der Waals surface area contributed by atoms with E-state index in [4.69, 9.17) is 0 Å². The maximum absolute atomic E-state index is 12.1. The lowest BCUT2D eigenvalue weighted by Crippen LogP contribution is -2.59. The van der Waals surface area contributed by atoms with Gasteiger partial charge in [0.1, 0.15) is 0 Å².